The minimum absolute atomic E-state index is 0.0720. The Balaban J connectivity index is 1.36. The van der Waals surface area contributed by atoms with Crippen LogP contribution in [0.5, 0.6) is 5.75 Å². The molecule has 1 aliphatic rings. The zero-order valence-corrected chi connectivity index (χ0v) is 33.6. The first-order valence-electron chi connectivity index (χ1n) is 18.6. The summed E-state index contributed by atoms with van der Waals surface area (Å²) in [5.74, 6) is -2.30. The molecule has 4 amide bonds. The molecule has 0 saturated heterocycles. The summed E-state index contributed by atoms with van der Waals surface area (Å²) < 4.78 is 11.5. The van der Waals surface area contributed by atoms with Crippen LogP contribution in [0.2, 0.25) is 0 Å². The molecule has 1 unspecified atom stereocenters. The van der Waals surface area contributed by atoms with Gasteiger partial charge in [-0.15, -0.1) is 0 Å². The highest BCUT2D eigenvalue weighted by Crippen LogP contribution is 2.29. The van der Waals surface area contributed by atoms with Crippen LogP contribution < -0.4 is 36.6 Å². The lowest BCUT2D eigenvalue weighted by Crippen LogP contribution is -2.48. The van der Waals surface area contributed by atoms with Gasteiger partial charge in [0.05, 0.1) is 25.2 Å². The number of rotatable bonds is 22. The second kappa shape index (κ2) is 22.4. The van der Waals surface area contributed by atoms with Crippen molar-refractivity contribution in [2.24, 2.45) is 4.99 Å². The number of aliphatic imine (C=N–C) groups is 1. The van der Waals surface area contributed by atoms with E-state index in [1.807, 2.05) is 27.7 Å². The number of aliphatic carboxylic acids is 1. The highest BCUT2D eigenvalue weighted by molar-refractivity contribution is 8.14. The molecular weight excluding hydrogens is 743 g/mol. The van der Waals surface area contributed by atoms with Gasteiger partial charge in [0.1, 0.15) is 11.8 Å². The Kier molecular flexibility index (Phi) is 18.1. The van der Waals surface area contributed by atoms with Crippen molar-refractivity contribution in [1.29, 1.82) is 0 Å². The molecule has 0 aromatic heterocycles. The Morgan fingerprint density at radius 1 is 0.946 bits per heavy atom. The number of anilines is 2. The van der Waals surface area contributed by atoms with Crippen LogP contribution in [-0.4, -0.2) is 102 Å². The van der Waals surface area contributed by atoms with Crippen molar-refractivity contribution in [2.75, 3.05) is 50.0 Å². The van der Waals surface area contributed by atoms with Crippen LogP contribution >= 0.6 is 11.8 Å². The summed E-state index contributed by atoms with van der Waals surface area (Å²) in [4.78, 5) is 78.0. The Bertz CT molecular complexity index is 1700. The van der Waals surface area contributed by atoms with E-state index < -0.39 is 48.3 Å². The summed E-state index contributed by atoms with van der Waals surface area (Å²) in [5.41, 5.74) is 0.782. The summed E-state index contributed by atoms with van der Waals surface area (Å²) in [6.45, 7) is 11.7. The van der Waals surface area contributed by atoms with Gasteiger partial charge in [0.25, 0.3) is 5.91 Å². The molecule has 56 heavy (non-hydrogen) atoms. The number of carbonyl (C=O) groups is 6. The number of nitrogens with one attached hydrogen (secondary N) is 6. The van der Waals surface area contributed by atoms with E-state index in [1.165, 1.54) is 11.8 Å². The highest BCUT2D eigenvalue weighted by atomic mass is 32.2. The minimum atomic E-state index is -1.41. The van der Waals surface area contributed by atoms with Gasteiger partial charge in [0.2, 0.25) is 17.7 Å². The van der Waals surface area contributed by atoms with Crippen LogP contribution in [0.15, 0.2) is 53.5 Å². The van der Waals surface area contributed by atoms with Gasteiger partial charge in [0.15, 0.2) is 11.1 Å². The third kappa shape index (κ3) is 18.0. The summed E-state index contributed by atoms with van der Waals surface area (Å²) in [6.07, 6.45) is 2.38. The number of hydrogen-bond acceptors (Lipinski definition) is 12. The summed E-state index contributed by atoms with van der Waals surface area (Å²) in [5, 5.41) is 26.0. The molecule has 1 heterocycles. The Morgan fingerprint density at radius 3 is 2.38 bits per heavy atom. The first-order chi connectivity index (χ1) is 26.5. The second-order valence-corrected chi connectivity index (χ2v) is 16.3. The SMILES string of the molecule is CC(=O)SC(C)(C)CCOC(C)(C)CCC(=O)NCCCOc1ccc(NC(=O)C(CC(=O)O)NC(=O)CNC(=O)c2cccc(NC3=NCCCN3)c2)cc1. The van der Waals surface area contributed by atoms with Gasteiger partial charge in [-0.05, 0) is 82.0 Å². The maximum atomic E-state index is 13.0. The normalized spacial score (nSPS) is 13.3. The van der Waals surface area contributed by atoms with Crippen molar-refractivity contribution in [1.82, 2.24) is 21.3 Å². The molecule has 1 atom stereocenters. The first kappa shape index (κ1) is 45.2. The van der Waals surface area contributed by atoms with Crippen molar-refractivity contribution in [3.63, 3.8) is 0 Å². The average molecular weight is 798 g/mol. The summed E-state index contributed by atoms with van der Waals surface area (Å²) in [7, 11) is 0. The van der Waals surface area contributed by atoms with E-state index >= 15 is 0 Å². The van der Waals surface area contributed by atoms with Crippen molar-refractivity contribution in [3.05, 3.63) is 54.1 Å². The molecule has 0 radical (unpaired) electrons. The number of nitrogens with zero attached hydrogens (tertiary/aromatic N) is 1. The van der Waals surface area contributed by atoms with Crippen LogP contribution in [-0.2, 0) is 28.7 Å². The fourth-order valence-electron chi connectivity index (χ4n) is 5.33. The van der Waals surface area contributed by atoms with E-state index in [9.17, 15) is 33.9 Å². The molecule has 7 N–H and O–H groups in total. The predicted octanol–water partition coefficient (Wildman–Crippen LogP) is 3.68. The van der Waals surface area contributed by atoms with Gasteiger partial charge in [-0.3, -0.25) is 33.8 Å². The molecule has 0 fully saturated rings. The number of carboxylic acid groups (broad SMARTS) is 1. The third-order valence-corrected chi connectivity index (χ3v) is 9.37. The second-order valence-electron chi connectivity index (χ2n) is 14.4. The fourth-order valence-corrected chi connectivity index (χ4v) is 6.29. The van der Waals surface area contributed by atoms with E-state index in [4.69, 9.17) is 9.47 Å². The number of thioether (sulfide) groups is 1. The number of benzene rings is 2. The van der Waals surface area contributed by atoms with Crippen LogP contribution in [0.1, 0.15) is 83.5 Å². The molecule has 2 aromatic rings. The fraction of sp³-hybridized carbons (Fsp3) is 0.513. The molecule has 1 aliphatic heterocycles. The number of ether oxygens (including phenoxy) is 2. The maximum Gasteiger partial charge on any atom is 0.305 e. The Labute approximate surface area is 332 Å². The van der Waals surface area contributed by atoms with Gasteiger partial charge in [0, 0.05) is 61.3 Å². The minimum Gasteiger partial charge on any atom is -0.494 e. The summed E-state index contributed by atoms with van der Waals surface area (Å²) in [6, 6.07) is 11.6. The van der Waals surface area contributed by atoms with Gasteiger partial charge in [-0.1, -0.05) is 31.7 Å². The number of carbonyl (C=O) groups excluding carboxylic acids is 5. The molecular formula is C39H55N7O9S. The van der Waals surface area contributed by atoms with Crippen LogP contribution in [0, 0.1) is 0 Å². The molecule has 3 rings (SSSR count). The molecule has 17 heteroatoms. The van der Waals surface area contributed by atoms with E-state index in [1.54, 1.807) is 55.5 Å². The molecule has 16 nitrogen and oxygen atoms in total. The quantitative estimate of drug-likeness (QED) is 0.0848. The molecule has 0 spiro atoms. The average Bonchev–Trinajstić information content (AvgIpc) is 3.13. The molecule has 306 valence electrons. The van der Waals surface area contributed by atoms with Gasteiger partial charge < -0.3 is 46.5 Å². The largest absolute Gasteiger partial charge is 0.494 e. The lowest BCUT2D eigenvalue weighted by Gasteiger charge is -2.28. The zero-order valence-electron chi connectivity index (χ0n) is 32.8. The third-order valence-electron chi connectivity index (χ3n) is 8.33. The predicted molar refractivity (Wildman–Crippen MR) is 216 cm³/mol. The van der Waals surface area contributed by atoms with E-state index in [-0.39, 0.29) is 21.3 Å². The molecule has 0 aliphatic carbocycles. The smallest absolute Gasteiger partial charge is 0.305 e. The van der Waals surface area contributed by atoms with Crippen molar-refractivity contribution in [2.45, 2.75) is 89.5 Å². The highest BCUT2D eigenvalue weighted by Gasteiger charge is 2.26. The van der Waals surface area contributed by atoms with Crippen LogP contribution in [0.4, 0.5) is 11.4 Å². The number of guanidine groups is 1. The van der Waals surface area contributed by atoms with Crippen molar-refractivity contribution in [3.8, 4) is 5.75 Å². The molecule has 0 bridgehead atoms. The van der Waals surface area contributed by atoms with Crippen LogP contribution in [0.3, 0.4) is 0 Å². The van der Waals surface area contributed by atoms with Crippen molar-refractivity contribution < 1.29 is 43.3 Å². The Morgan fingerprint density at radius 2 is 1.70 bits per heavy atom. The van der Waals surface area contributed by atoms with Gasteiger partial charge in [-0.2, -0.15) is 0 Å². The lowest BCUT2D eigenvalue weighted by molar-refractivity contribution is -0.139. The lowest BCUT2D eigenvalue weighted by atomic mass is 10.0. The summed E-state index contributed by atoms with van der Waals surface area (Å²) >= 11 is 1.30. The molecule has 0 saturated carbocycles. The standard InChI is InChI=1S/C39H55N7O9S/c1-26(47)56-39(4,5)17-22-55-38(2,3)16-15-32(48)40-20-8-21-54-30-13-11-28(12-14-30)44-36(53)31(24-34(50)51)46-33(49)25-43-35(52)27-9-6-10-29(23-27)45-37-41-18-7-19-42-37/h6,9-14,23,31H,7-8,15-22,24-25H2,1-5H3,(H,40,48)(H,43,52)(H,44,53)(H,46,49)(H,50,51)(H2,41,42,45). The van der Waals surface area contributed by atoms with Gasteiger partial charge in [-0.25, -0.2) is 0 Å². The first-order valence-corrected chi connectivity index (χ1v) is 19.4. The zero-order chi connectivity index (χ0) is 41.1. The van der Waals surface area contributed by atoms with Crippen molar-refractivity contribution >= 4 is 63.8 Å². The number of carboxylic acids is 1. The van der Waals surface area contributed by atoms with E-state index in [2.05, 4.69) is 36.9 Å². The monoisotopic (exact) mass is 797 g/mol. The number of hydrogen-bond donors (Lipinski definition) is 7. The Hall–Kier alpha value is -5.16. The van der Waals surface area contributed by atoms with E-state index in [0.717, 1.165) is 13.0 Å². The number of amides is 4. The van der Waals surface area contributed by atoms with Crippen LogP contribution in [0.25, 0.3) is 0 Å². The van der Waals surface area contributed by atoms with E-state index in [0.29, 0.717) is 75.1 Å². The van der Waals surface area contributed by atoms with Gasteiger partial charge >= 0.3 is 5.97 Å². The molecule has 2 aromatic carbocycles. The maximum absolute atomic E-state index is 13.0. The topological polar surface area (TPSA) is 226 Å².